The van der Waals surface area contributed by atoms with Gasteiger partial charge in [0, 0.05) is 28.5 Å². The molecule has 3 heterocycles. The van der Waals surface area contributed by atoms with Crippen molar-refractivity contribution < 1.29 is 0 Å². The van der Waals surface area contributed by atoms with Crippen molar-refractivity contribution in [3.63, 3.8) is 0 Å². The fourth-order valence-electron chi connectivity index (χ4n) is 3.65. The summed E-state index contributed by atoms with van der Waals surface area (Å²) in [5, 5.41) is 3.55. The molecule has 0 radical (unpaired) electrons. The van der Waals surface area contributed by atoms with Crippen molar-refractivity contribution in [2.24, 2.45) is 0 Å². The van der Waals surface area contributed by atoms with Crippen LogP contribution in [-0.2, 0) is 13.0 Å². The van der Waals surface area contributed by atoms with Crippen molar-refractivity contribution in [1.29, 1.82) is 0 Å². The summed E-state index contributed by atoms with van der Waals surface area (Å²) in [4.78, 5) is 12.4. The van der Waals surface area contributed by atoms with Gasteiger partial charge in [-0.2, -0.15) is 4.98 Å². The van der Waals surface area contributed by atoms with Gasteiger partial charge in [-0.3, -0.25) is 0 Å². The lowest BCUT2D eigenvalue weighted by Crippen LogP contribution is -2.31. The third kappa shape index (κ3) is 3.14. The maximum Gasteiger partial charge on any atom is 0.225 e. The van der Waals surface area contributed by atoms with E-state index in [1.165, 1.54) is 11.1 Å². The van der Waals surface area contributed by atoms with Crippen molar-refractivity contribution in [3.05, 3.63) is 74.8 Å². The van der Waals surface area contributed by atoms with Crippen LogP contribution in [0.3, 0.4) is 0 Å². The van der Waals surface area contributed by atoms with Crippen molar-refractivity contribution in [2.45, 2.75) is 13.0 Å². The second-order valence-electron chi connectivity index (χ2n) is 6.59. The number of thiophene rings is 1. The summed E-state index contributed by atoms with van der Waals surface area (Å²) >= 11 is 11.4. The number of nitrogens with zero attached hydrogens (tertiary/aromatic N) is 3. The van der Waals surface area contributed by atoms with E-state index in [4.69, 9.17) is 11.6 Å². The van der Waals surface area contributed by atoms with Gasteiger partial charge in [-0.15, -0.1) is 11.3 Å². The molecule has 0 amide bonds. The Balaban J connectivity index is 1.66. The number of aromatic nitrogens is 2. The lowest BCUT2D eigenvalue weighted by molar-refractivity contribution is 0.723. The number of anilines is 1. The molecule has 2 aromatic heterocycles. The average molecular weight is 457 g/mol. The molecule has 5 rings (SSSR count). The fourth-order valence-corrected chi connectivity index (χ4v) is 5.07. The van der Waals surface area contributed by atoms with Gasteiger partial charge in [-0.25, -0.2) is 4.98 Å². The van der Waals surface area contributed by atoms with Crippen LogP contribution < -0.4 is 4.90 Å². The van der Waals surface area contributed by atoms with Crippen LogP contribution in [0.1, 0.15) is 11.1 Å². The number of hydrogen-bond acceptors (Lipinski definition) is 4. The van der Waals surface area contributed by atoms with E-state index < -0.39 is 0 Å². The standard InChI is InChI=1S/C21H15BrClN3S/c22-16-7-5-14(6-8-16)17-12-27-20-18(17)19(24-21(23)25-20)26-10-9-13-3-1-2-4-15(13)11-26/h1-8,12H,9-11H2. The summed E-state index contributed by atoms with van der Waals surface area (Å²) in [7, 11) is 0. The zero-order chi connectivity index (χ0) is 18.4. The van der Waals surface area contributed by atoms with E-state index in [-0.39, 0.29) is 0 Å². The maximum atomic E-state index is 6.27. The van der Waals surface area contributed by atoms with E-state index >= 15 is 0 Å². The topological polar surface area (TPSA) is 29.0 Å². The van der Waals surface area contributed by atoms with E-state index in [0.717, 1.165) is 51.1 Å². The molecule has 1 aliphatic rings. The molecule has 6 heteroatoms. The normalized spacial score (nSPS) is 13.8. The Hall–Kier alpha value is -1.95. The molecule has 0 spiro atoms. The van der Waals surface area contributed by atoms with Crippen LogP contribution in [0.2, 0.25) is 5.28 Å². The Labute approximate surface area is 174 Å². The highest BCUT2D eigenvalue weighted by molar-refractivity contribution is 9.10. The van der Waals surface area contributed by atoms with Crippen molar-refractivity contribution in [3.8, 4) is 11.1 Å². The van der Waals surface area contributed by atoms with Gasteiger partial charge in [0.2, 0.25) is 5.28 Å². The van der Waals surface area contributed by atoms with Crippen LogP contribution in [0.15, 0.2) is 58.4 Å². The van der Waals surface area contributed by atoms with Gasteiger partial charge >= 0.3 is 0 Å². The first kappa shape index (κ1) is 17.2. The summed E-state index contributed by atoms with van der Waals surface area (Å²) in [6.07, 6.45) is 1.01. The molecule has 134 valence electrons. The van der Waals surface area contributed by atoms with Gasteiger partial charge in [-0.05, 0) is 46.8 Å². The van der Waals surface area contributed by atoms with Crippen LogP contribution in [-0.4, -0.2) is 16.5 Å². The molecular weight excluding hydrogens is 442 g/mol. The molecule has 0 fully saturated rings. The summed E-state index contributed by atoms with van der Waals surface area (Å²) in [6.45, 7) is 1.77. The highest BCUT2D eigenvalue weighted by Crippen LogP contribution is 2.40. The lowest BCUT2D eigenvalue weighted by Gasteiger charge is -2.30. The number of fused-ring (bicyclic) bond motifs is 2. The SMILES string of the molecule is Clc1nc(N2CCc3ccccc3C2)c2c(-c3ccc(Br)cc3)csc2n1. The predicted octanol–water partition coefficient (Wildman–Crippen LogP) is 6.34. The van der Waals surface area contributed by atoms with Gasteiger partial charge in [0.25, 0.3) is 0 Å². The summed E-state index contributed by atoms with van der Waals surface area (Å²) in [5.41, 5.74) is 5.10. The van der Waals surface area contributed by atoms with E-state index in [0.29, 0.717) is 5.28 Å². The van der Waals surface area contributed by atoms with Gasteiger partial charge < -0.3 is 4.90 Å². The van der Waals surface area contributed by atoms with Crippen molar-refractivity contribution in [1.82, 2.24) is 9.97 Å². The zero-order valence-electron chi connectivity index (χ0n) is 14.3. The molecule has 3 nitrogen and oxygen atoms in total. The van der Waals surface area contributed by atoms with Gasteiger partial charge in [0.05, 0.1) is 5.39 Å². The van der Waals surface area contributed by atoms with Crippen molar-refractivity contribution >= 4 is 54.9 Å². The van der Waals surface area contributed by atoms with Crippen LogP contribution >= 0.6 is 38.9 Å². The van der Waals surface area contributed by atoms with Crippen LogP contribution in [0.4, 0.5) is 5.82 Å². The molecule has 0 unspecified atom stereocenters. The molecule has 0 N–H and O–H groups in total. The first-order chi connectivity index (χ1) is 13.2. The highest BCUT2D eigenvalue weighted by atomic mass is 79.9. The molecule has 0 atom stereocenters. The lowest BCUT2D eigenvalue weighted by atomic mass is 9.99. The molecule has 4 aromatic rings. The third-order valence-corrected chi connectivity index (χ3v) is 6.54. The Kier molecular flexibility index (Phi) is 4.38. The second-order valence-corrected chi connectivity index (χ2v) is 8.70. The molecule has 0 bridgehead atoms. The second kappa shape index (κ2) is 6.89. The Morgan fingerprint density at radius 3 is 2.59 bits per heavy atom. The number of hydrogen-bond donors (Lipinski definition) is 0. The van der Waals surface area contributed by atoms with Crippen molar-refractivity contribution in [2.75, 3.05) is 11.4 Å². The summed E-state index contributed by atoms with van der Waals surface area (Å²) < 4.78 is 1.07. The molecular formula is C21H15BrClN3S. The number of benzene rings is 2. The van der Waals surface area contributed by atoms with Crippen LogP contribution in [0.5, 0.6) is 0 Å². The monoisotopic (exact) mass is 455 g/mol. The first-order valence-electron chi connectivity index (χ1n) is 8.71. The molecule has 0 saturated carbocycles. The number of rotatable bonds is 2. The predicted molar refractivity (Wildman–Crippen MR) is 117 cm³/mol. The Morgan fingerprint density at radius 2 is 1.78 bits per heavy atom. The van der Waals surface area contributed by atoms with E-state index in [9.17, 15) is 0 Å². The molecule has 0 aliphatic carbocycles. The summed E-state index contributed by atoms with van der Waals surface area (Å²) in [6, 6.07) is 17.0. The zero-order valence-corrected chi connectivity index (χ0v) is 17.5. The maximum absolute atomic E-state index is 6.27. The largest absolute Gasteiger partial charge is 0.351 e. The molecule has 0 saturated heterocycles. The van der Waals surface area contributed by atoms with Gasteiger partial charge in [0.1, 0.15) is 10.6 Å². The molecule has 27 heavy (non-hydrogen) atoms. The highest BCUT2D eigenvalue weighted by Gasteiger charge is 2.23. The number of halogens is 2. The van der Waals surface area contributed by atoms with E-state index in [2.05, 4.69) is 84.7 Å². The van der Waals surface area contributed by atoms with Gasteiger partial charge in [-0.1, -0.05) is 52.3 Å². The Bertz CT molecular complexity index is 1140. The molecule has 2 aromatic carbocycles. The molecule has 1 aliphatic heterocycles. The van der Waals surface area contributed by atoms with E-state index in [1.54, 1.807) is 11.3 Å². The average Bonchev–Trinajstić information content (AvgIpc) is 3.11. The smallest absolute Gasteiger partial charge is 0.225 e. The minimum absolute atomic E-state index is 0.306. The first-order valence-corrected chi connectivity index (χ1v) is 10.8. The van der Waals surface area contributed by atoms with Crippen LogP contribution in [0.25, 0.3) is 21.3 Å². The third-order valence-electron chi connectivity index (χ3n) is 4.97. The summed E-state index contributed by atoms with van der Waals surface area (Å²) in [5.74, 6) is 0.929. The van der Waals surface area contributed by atoms with Gasteiger partial charge in [0.15, 0.2) is 0 Å². The van der Waals surface area contributed by atoms with E-state index in [1.807, 2.05) is 0 Å². The minimum atomic E-state index is 0.306. The minimum Gasteiger partial charge on any atom is -0.351 e. The quantitative estimate of drug-likeness (QED) is 0.330. The fraction of sp³-hybridized carbons (Fsp3) is 0.143. The Morgan fingerprint density at radius 1 is 1.00 bits per heavy atom. The van der Waals surface area contributed by atoms with Crippen LogP contribution in [0, 0.1) is 0 Å².